The topological polar surface area (TPSA) is 90.4 Å². The maximum atomic E-state index is 11.1. The maximum Gasteiger partial charge on any atom is 0.254 e. The highest BCUT2D eigenvalue weighted by Gasteiger charge is 2.11. The molecular formula is C9H8N4O2. The normalized spacial score (nSPS) is 10.5. The average Bonchev–Trinajstić information content (AvgIpc) is 2.59. The Hall–Kier alpha value is -2.24. The minimum Gasteiger partial charge on any atom is -0.365 e. The van der Waals surface area contributed by atoms with Gasteiger partial charge in [0.15, 0.2) is 11.4 Å². The van der Waals surface area contributed by atoms with Crippen LogP contribution in [0.2, 0.25) is 0 Å². The van der Waals surface area contributed by atoms with Crippen molar-refractivity contribution in [1.82, 2.24) is 14.6 Å². The number of aromatic nitrogens is 3. The number of rotatable bonds is 2. The highest BCUT2D eigenvalue weighted by atomic mass is 16.1. The van der Waals surface area contributed by atoms with Crippen molar-refractivity contribution in [3.05, 3.63) is 29.7 Å². The summed E-state index contributed by atoms with van der Waals surface area (Å²) in [5, 5.41) is 3.88. The molecule has 15 heavy (non-hydrogen) atoms. The first-order valence-corrected chi connectivity index (χ1v) is 4.23. The predicted molar refractivity (Wildman–Crippen MR) is 51.5 cm³/mol. The van der Waals surface area contributed by atoms with E-state index in [9.17, 15) is 9.59 Å². The lowest BCUT2D eigenvalue weighted by atomic mass is 10.2. The van der Waals surface area contributed by atoms with Crippen molar-refractivity contribution < 1.29 is 9.59 Å². The van der Waals surface area contributed by atoms with E-state index in [4.69, 9.17) is 5.73 Å². The first kappa shape index (κ1) is 9.32. The van der Waals surface area contributed by atoms with Crippen molar-refractivity contribution in [2.24, 2.45) is 5.73 Å². The van der Waals surface area contributed by atoms with Gasteiger partial charge in [0, 0.05) is 12.4 Å². The summed E-state index contributed by atoms with van der Waals surface area (Å²) in [7, 11) is 0. The second-order valence-corrected chi connectivity index (χ2v) is 3.09. The number of carbonyl (C=O) groups is 2. The van der Waals surface area contributed by atoms with Gasteiger partial charge in [0.2, 0.25) is 0 Å². The second kappa shape index (κ2) is 3.16. The third kappa shape index (κ3) is 1.45. The van der Waals surface area contributed by atoms with E-state index in [1.54, 1.807) is 0 Å². The molecule has 2 aromatic rings. The van der Waals surface area contributed by atoms with Crippen LogP contribution in [-0.2, 0) is 0 Å². The number of nitrogens with zero attached hydrogens (tertiary/aromatic N) is 3. The van der Waals surface area contributed by atoms with E-state index in [2.05, 4.69) is 10.1 Å². The number of carbonyl (C=O) groups excluding carboxylic acids is 2. The molecule has 0 saturated heterocycles. The van der Waals surface area contributed by atoms with Gasteiger partial charge in [0.05, 0.1) is 11.8 Å². The molecule has 2 aromatic heterocycles. The monoisotopic (exact) mass is 204 g/mol. The summed E-state index contributed by atoms with van der Waals surface area (Å²) in [6, 6.07) is 0. The van der Waals surface area contributed by atoms with Gasteiger partial charge in [-0.25, -0.2) is 9.50 Å². The molecular weight excluding hydrogens is 196 g/mol. The van der Waals surface area contributed by atoms with Crippen LogP contribution >= 0.6 is 0 Å². The molecule has 6 nitrogen and oxygen atoms in total. The molecule has 76 valence electrons. The van der Waals surface area contributed by atoms with Gasteiger partial charge < -0.3 is 5.73 Å². The molecule has 0 atom stereocenters. The van der Waals surface area contributed by atoms with Gasteiger partial charge in [-0.3, -0.25) is 9.59 Å². The van der Waals surface area contributed by atoms with Crippen LogP contribution in [0.3, 0.4) is 0 Å². The second-order valence-electron chi connectivity index (χ2n) is 3.09. The quantitative estimate of drug-likeness (QED) is 0.699. The Morgan fingerprint density at radius 1 is 1.40 bits per heavy atom. The number of amides is 1. The zero-order valence-corrected chi connectivity index (χ0v) is 7.97. The molecule has 0 aliphatic rings. The number of Topliss-reactive ketones (excluding diaryl/α,β-unsaturated/α-hetero) is 1. The summed E-state index contributed by atoms with van der Waals surface area (Å²) >= 11 is 0. The standard InChI is InChI=1S/C9H8N4O2/c1-5(14)6-2-11-9-7(8(10)15)3-12-13(9)4-6/h2-4H,1H3,(H2,10,15). The van der Waals surface area contributed by atoms with Crippen molar-refractivity contribution in [2.45, 2.75) is 6.92 Å². The van der Waals surface area contributed by atoms with E-state index in [-0.39, 0.29) is 11.3 Å². The van der Waals surface area contributed by atoms with E-state index in [0.29, 0.717) is 11.2 Å². The number of fused-ring (bicyclic) bond motifs is 1. The Morgan fingerprint density at radius 2 is 2.13 bits per heavy atom. The molecule has 0 aliphatic carbocycles. The lowest BCUT2D eigenvalue weighted by molar-refractivity contribution is 0.0998. The van der Waals surface area contributed by atoms with E-state index < -0.39 is 5.91 Å². The van der Waals surface area contributed by atoms with Crippen LogP contribution < -0.4 is 5.73 Å². The van der Waals surface area contributed by atoms with Gasteiger partial charge >= 0.3 is 0 Å². The van der Waals surface area contributed by atoms with Gasteiger partial charge in [0.25, 0.3) is 5.91 Å². The number of hydrogen-bond donors (Lipinski definition) is 1. The van der Waals surface area contributed by atoms with Crippen molar-refractivity contribution in [2.75, 3.05) is 0 Å². The van der Waals surface area contributed by atoms with Crippen molar-refractivity contribution in [3.63, 3.8) is 0 Å². The third-order valence-electron chi connectivity index (χ3n) is 2.03. The van der Waals surface area contributed by atoms with Crippen molar-refractivity contribution in [1.29, 1.82) is 0 Å². The molecule has 0 aromatic carbocycles. The molecule has 0 fully saturated rings. The number of hydrogen-bond acceptors (Lipinski definition) is 4. The van der Waals surface area contributed by atoms with Crippen LogP contribution in [0.5, 0.6) is 0 Å². The Bertz CT molecular complexity index is 558. The summed E-state index contributed by atoms with van der Waals surface area (Å²) < 4.78 is 1.36. The van der Waals surface area contributed by atoms with Crippen molar-refractivity contribution in [3.8, 4) is 0 Å². The van der Waals surface area contributed by atoms with E-state index in [1.165, 1.54) is 30.0 Å². The minimum atomic E-state index is -0.590. The summed E-state index contributed by atoms with van der Waals surface area (Å²) in [4.78, 5) is 26.0. The van der Waals surface area contributed by atoms with Gasteiger partial charge in [-0.15, -0.1) is 0 Å². The molecule has 0 spiro atoms. The zero-order chi connectivity index (χ0) is 11.0. The van der Waals surface area contributed by atoms with Crippen LogP contribution in [0.1, 0.15) is 27.6 Å². The Labute approximate surface area is 84.7 Å². The maximum absolute atomic E-state index is 11.1. The zero-order valence-electron chi connectivity index (χ0n) is 7.97. The van der Waals surface area contributed by atoms with Crippen molar-refractivity contribution >= 4 is 17.3 Å². The van der Waals surface area contributed by atoms with Crippen LogP contribution in [0, 0.1) is 0 Å². The Morgan fingerprint density at radius 3 is 2.73 bits per heavy atom. The smallest absolute Gasteiger partial charge is 0.254 e. The number of primary amides is 1. The molecule has 0 radical (unpaired) electrons. The SMILES string of the molecule is CC(=O)c1cnc2c(C(N)=O)cnn2c1. The van der Waals surface area contributed by atoms with Gasteiger partial charge in [0.1, 0.15) is 5.56 Å². The molecule has 0 unspecified atom stereocenters. The molecule has 2 rings (SSSR count). The predicted octanol–water partition coefficient (Wildman–Crippen LogP) is 0.0308. The highest BCUT2D eigenvalue weighted by Crippen LogP contribution is 2.08. The molecule has 0 saturated carbocycles. The fraction of sp³-hybridized carbons (Fsp3) is 0.111. The largest absolute Gasteiger partial charge is 0.365 e. The van der Waals surface area contributed by atoms with Gasteiger partial charge in [-0.1, -0.05) is 0 Å². The number of ketones is 1. The van der Waals surface area contributed by atoms with E-state index >= 15 is 0 Å². The Kier molecular flexibility index (Phi) is 1.96. The molecule has 1 amide bonds. The lowest BCUT2D eigenvalue weighted by Gasteiger charge is -1.96. The van der Waals surface area contributed by atoms with E-state index in [0.717, 1.165) is 0 Å². The minimum absolute atomic E-state index is 0.111. The van der Waals surface area contributed by atoms with E-state index in [1.807, 2.05) is 0 Å². The van der Waals surface area contributed by atoms with Gasteiger partial charge in [-0.2, -0.15) is 5.10 Å². The first-order chi connectivity index (χ1) is 7.09. The summed E-state index contributed by atoms with van der Waals surface area (Å²) in [6.07, 6.45) is 4.23. The highest BCUT2D eigenvalue weighted by molar-refractivity contribution is 5.99. The molecule has 2 heterocycles. The summed E-state index contributed by atoms with van der Waals surface area (Å²) in [5.74, 6) is -0.700. The molecule has 2 N–H and O–H groups in total. The Balaban J connectivity index is 2.66. The van der Waals surface area contributed by atoms with Gasteiger partial charge in [-0.05, 0) is 6.92 Å². The third-order valence-corrected chi connectivity index (χ3v) is 2.03. The number of nitrogens with two attached hydrogens (primary N) is 1. The fourth-order valence-corrected chi connectivity index (χ4v) is 1.23. The van der Waals surface area contributed by atoms with Crippen LogP contribution in [0.25, 0.3) is 5.65 Å². The fourth-order valence-electron chi connectivity index (χ4n) is 1.23. The molecule has 0 bridgehead atoms. The van der Waals surface area contributed by atoms with Crippen LogP contribution in [0.4, 0.5) is 0 Å². The average molecular weight is 204 g/mol. The van der Waals surface area contributed by atoms with Crippen LogP contribution in [0.15, 0.2) is 18.6 Å². The molecule has 0 aliphatic heterocycles. The summed E-state index contributed by atoms with van der Waals surface area (Å²) in [6.45, 7) is 1.43. The lowest BCUT2D eigenvalue weighted by Crippen LogP contribution is -2.11. The summed E-state index contributed by atoms with van der Waals surface area (Å²) in [5.41, 5.74) is 6.15. The molecule has 6 heteroatoms. The van der Waals surface area contributed by atoms with Crippen LogP contribution in [-0.4, -0.2) is 26.3 Å². The first-order valence-electron chi connectivity index (χ1n) is 4.23.